The summed E-state index contributed by atoms with van der Waals surface area (Å²) in [5, 5.41) is 2.98. The molecule has 1 aliphatic heterocycles. The lowest BCUT2D eigenvalue weighted by molar-refractivity contribution is 0.0884. The van der Waals surface area contributed by atoms with Crippen molar-refractivity contribution in [1.29, 1.82) is 0 Å². The first kappa shape index (κ1) is 15.5. The van der Waals surface area contributed by atoms with Gasteiger partial charge in [0.2, 0.25) is 10.0 Å². The van der Waals surface area contributed by atoms with Gasteiger partial charge in [-0.2, -0.15) is 0 Å². The number of rotatable bonds is 7. The van der Waals surface area contributed by atoms with Crippen LogP contribution in [0.2, 0.25) is 0 Å². The van der Waals surface area contributed by atoms with Gasteiger partial charge in [-0.25, -0.2) is 13.1 Å². The highest BCUT2D eigenvalue weighted by Crippen LogP contribution is 2.23. The number of nitrogens with one attached hydrogen (secondary N) is 3. The second-order valence-electron chi connectivity index (χ2n) is 5.11. The van der Waals surface area contributed by atoms with Crippen LogP contribution in [-0.2, 0) is 21.3 Å². The van der Waals surface area contributed by atoms with Gasteiger partial charge in [-0.1, -0.05) is 6.92 Å². The van der Waals surface area contributed by atoms with E-state index < -0.39 is 10.0 Å². The molecule has 0 aromatic carbocycles. The molecule has 1 aliphatic rings. The lowest BCUT2D eigenvalue weighted by Crippen LogP contribution is -2.32. The van der Waals surface area contributed by atoms with Crippen molar-refractivity contribution in [2.75, 3.05) is 20.2 Å². The largest absolute Gasteiger partial charge is 0.378 e. The van der Waals surface area contributed by atoms with Crippen LogP contribution in [0.1, 0.15) is 25.5 Å². The minimum absolute atomic E-state index is 0.170. The Balaban J connectivity index is 1.96. The van der Waals surface area contributed by atoms with E-state index in [1.165, 1.54) is 6.20 Å². The number of sulfonamides is 1. The van der Waals surface area contributed by atoms with Crippen molar-refractivity contribution in [1.82, 2.24) is 15.0 Å². The molecular formula is C13H23N3O3S. The Labute approximate surface area is 120 Å². The fourth-order valence-corrected chi connectivity index (χ4v) is 3.66. The van der Waals surface area contributed by atoms with Crippen molar-refractivity contribution < 1.29 is 13.2 Å². The predicted octanol–water partition coefficient (Wildman–Crippen LogP) is 0.828. The van der Waals surface area contributed by atoms with Gasteiger partial charge in [0, 0.05) is 37.5 Å². The molecule has 2 heterocycles. The van der Waals surface area contributed by atoms with Crippen molar-refractivity contribution in [2.24, 2.45) is 5.92 Å². The highest BCUT2D eigenvalue weighted by molar-refractivity contribution is 7.89. The molecule has 2 unspecified atom stereocenters. The van der Waals surface area contributed by atoms with E-state index in [4.69, 9.17) is 4.74 Å². The van der Waals surface area contributed by atoms with Crippen molar-refractivity contribution in [3.05, 3.63) is 18.0 Å². The quantitative estimate of drug-likeness (QED) is 0.696. The van der Waals surface area contributed by atoms with Crippen molar-refractivity contribution in [2.45, 2.75) is 37.3 Å². The summed E-state index contributed by atoms with van der Waals surface area (Å²) >= 11 is 0. The molecule has 1 aromatic rings. The van der Waals surface area contributed by atoms with E-state index in [-0.39, 0.29) is 16.9 Å². The molecule has 1 aromatic heterocycles. The Morgan fingerprint density at radius 2 is 2.30 bits per heavy atom. The van der Waals surface area contributed by atoms with E-state index in [0.717, 1.165) is 25.1 Å². The van der Waals surface area contributed by atoms with Gasteiger partial charge in [-0.05, 0) is 26.0 Å². The van der Waals surface area contributed by atoms with Crippen molar-refractivity contribution in [3.8, 4) is 0 Å². The molecule has 1 saturated heterocycles. The third kappa shape index (κ3) is 3.60. The first-order chi connectivity index (χ1) is 9.56. The molecule has 0 saturated carbocycles. The van der Waals surface area contributed by atoms with E-state index in [0.29, 0.717) is 13.1 Å². The summed E-state index contributed by atoms with van der Waals surface area (Å²) in [6.07, 6.45) is 3.53. The maximum absolute atomic E-state index is 12.2. The van der Waals surface area contributed by atoms with Crippen molar-refractivity contribution >= 4 is 10.0 Å². The SMILES string of the molecule is CCC1OCCC1CNS(=O)(=O)c1c[nH]c(CNC)c1. The summed E-state index contributed by atoms with van der Waals surface area (Å²) < 4.78 is 32.7. The maximum Gasteiger partial charge on any atom is 0.242 e. The van der Waals surface area contributed by atoms with Crippen LogP contribution in [0, 0.1) is 5.92 Å². The van der Waals surface area contributed by atoms with E-state index in [2.05, 4.69) is 21.9 Å². The summed E-state index contributed by atoms with van der Waals surface area (Å²) in [6.45, 7) is 3.84. The summed E-state index contributed by atoms with van der Waals surface area (Å²) in [5.74, 6) is 0.269. The van der Waals surface area contributed by atoms with Crippen LogP contribution < -0.4 is 10.0 Å². The zero-order chi connectivity index (χ0) is 14.6. The zero-order valence-corrected chi connectivity index (χ0v) is 12.8. The smallest absolute Gasteiger partial charge is 0.242 e. The number of ether oxygens (including phenoxy) is 1. The van der Waals surface area contributed by atoms with Crippen LogP contribution in [-0.4, -0.2) is 39.7 Å². The van der Waals surface area contributed by atoms with Gasteiger partial charge in [-0.3, -0.25) is 0 Å². The predicted molar refractivity (Wildman–Crippen MR) is 76.9 cm³/mol. The van der Waals surface area contributed by atoms with Gasteiger partial charge in [-0.15, -0.1) is 0 Å². The first-order valence-corrected chi connectivity index (χ1v) is 8.48. The summed E-state index contributed by atoms with van der Waals surface area (Å²) in [5.41, 5.74) is 0.850. The van der Waals surface area contributed by atoms with Gasteiger partial charge in [0.1, 0.15) is 0 Å². The lowest BCUT2D eigenvalue weighted by atomic mass is 10.0. The summed E-state index contributed by atoms with van der Waals surface area (Å²) in [6, 6.07) is 1.65. The Bertz CT molecular complexity index is 527. The highest BCUT2D eigenvalue weighted by atomic mass is 32.2. The summed E-state index contributed by atoms with van der Waals surface area (Å²) in [7, 11) is -1.62. The Morgan fingerprint density at radius 3 is 3.00 bits per heavy atom. The molecule has 7 heteroatoms. The molecule has 114 valence electrons. The minimum atomic E-state index is -3.44. The summed E-state index contributed by atoms with van der Waals surface area (Å²) in [4.78, 5) is 3.24. The molecule has 20 heavy (non-hydrogen) atoms. The monoisotopic (exact) mass is 301 g/mol. The second kappa shape index (κ2) is 6.71. The Morgan fingerprint density at radius 1 is 1.50 bits per heavy atom. The molecule has 3 N–H and O–H groups in total. The van der Waals surface area contributed by atoms with Gasteiger partial charge in [0.25, 0.3) is 0 Å². The van der Waals surface area contributed by atoms with Gasteiger partial charge >= 0.3 is 0 Å². The Kier molecular flexibility index (Phi) is 5.20. The van der Waals surface area contributed by atoms with E-state index >= 15 is 0 Å². The number of aromatic amines is 1. The van der Waals surface area contributed by atoms with E-state index in [1.54, 1.807) is 6.07 Å². The first-order valence-electron chi connectivity index (χ1n) is 7.00. The minimum Gasteiger partial charge on any atom is -0.378 e. The molecule has 0 amide bonds. The molecule has 6 nitrogen and oxygen atoms in total. The van der Waals surface area contributed by atoms with Gasteiger partial charge in [0.15, 0.2) is 0 Å². The van der Waals surface area contributed by atoms with Crippen LogP contribution >= 0.6 is 0 Å². The maximum atomic E-state index is 12.2. The number of H-pyrrole nitrogens is 1. The fraction of sp³-hybridized carbons (Fsp3) is 0.692. The Hall–Kier alpha value is -0.890. The average molecular weight is 301 g/mol. The fourth-order valence-electron chi connectivity index (χ4n) is 2.54. The molecular weight excluding hydrogens is 278 g/mol. The van der Waals surface area contributed by atoms with Gasteiger partial charge < -0.3 is 15.0 Å². The lowest BCUT2D eigenvalue weighted by Gasteiger charge is -2.16. The van der Waals surface area contributed by atoms with E-state index in [1.807, 2.05) is 7.05 Å². The van der Waals surface area contributed by atoms with Crippen LogP contribution in [0.4, 0.5) is 0 Å². The van der Waals surface area contributed by atoms with Crippen molar-refractivity contribution in [3.63, 3.8) is 0 Å². The molecule has 0 aliphatic carbocycles. The molecule has 0 radical (unpaired) electrons. The standard InChI is InChI=1S/C13H23N3O3S/c1-3-13-10(4-5-19-13)7-16-20(17,18)12-6-11(8-14-2)15-9-12/h6,9-10,13-16H,3-5,7-8H2,1-2H3. The third-order valence-electron chi connectivity index (χ3n) is 3.68. The molecule has 2 atom stereocenters. The topological polar surface area (TPSA) is 83.2 Å². The molecule has 0 spiro atoms. The molecule has 2 rings (SSSR count). The second-order valence-corrected chi connectivity index (χ2v) is 6.88. The molecule has 1 fully saturated rings. The number of aromatic nitrogens is 1. The number of hydrogen-bond donors (Lipinski definition) is 3. The normalized spacial score (nSPS) is 23.3. The van der Waals surface area contributed by atoms with Crippen LogP contribution in [0.3, 0.4) is 0 Å². The third-order valence-corrected chi connectivity index (χ3v) is 5.08. The van der Waals surface area contributed by atoms with Crippen LogP contribution in [0.15, 0.2) is 17.2 Å². The zero-order valence-electron chi connectivity index (χ0n) is 12.0. The molecule has 0 bridgehead atoms. The van der Waals surface area contributed by atoms with Crippen LogP contribution in [0.25, 0.3) is 0 Å². The van der Waals surface area contributed by atoms with E-state index in [9.17, 15) is 8.42 Å². The van der Waals surface area contributed by atoms with Gasteiger partial charge in [0.05, 0.1) is 11.0 Å². The highest BCUT2D eigenvalue weighted by Gasteiger charge is 2.28. The van der Waals surface area contributed by atoms with Crippen LogP contribution in [0.5, 0.6) is 0 Å². The number of hydrogen-bond acceptors (Lipinski definition) is 4. The average Bonchev–Trinajstić information content (AvgIpc) is 3.05.